The SMILES string of the molecule is Br.Br.Br.Br.CN(C)CCCN1CC=C2C(=C(c3ccccc3)c3ccccc32)C1.CN(C)CCCN1CC=C2C(=C(c3ccccc3)c3ccccc32)C1.O. The molecule has 55 heavy (non-hydrogen) atoms. The van der Waals surface area contributed by atoms with Crippen molar-refractivity contribution in [3.05, 3.63) is 166 Å². The van der Waals surface area contributed by atoms with Gasteiger partial charge < -0.3 is 15.3 Å². The number of hydrogen-bond donors (Lipinski definition) is 0. The van der Waals surface area contributed by atoms with Crippen molar-refractivity contribution >= 4 is 90.2 Å². The summed E-state index contributed by atoms with van der Waals surface area (Å²) in [6.45, 7) is 8.84. The molecule has 5 nitrogen and oxygen atoms in total. The molecular formula is C46H58Br4N4O. The topological polar surface area (TPSA) is 44.5 Å². The van der Waals surface area contributed by atoms with Crippen molar-refractivity contribution in [1.29, 1.82) is 0 Å². The molecule has 9 heteroatoms. The minimum atomic E-state index is 0. The monoisotopic (exact) mass is 998 g/mol. The first-order valence-corrected chi connectivity index (χ1v) is 18.4. The minimum Gasteiger partial charge on any atom is -0.412 e. The molecule has 2 aliphatic carbocycles. The van der Waals surface area contributed by atoms with E-state index in [9.17, 15) is 0 Å². The summed E-state index contributed by atoms with van der Waals surface area (Å²) in [5.74, 6) is 0. The molecule has 0 unspecified atom stereocenters. The fourth-order valence-corrected chi connectivity index (χ4v) is 8.03. The summed E-state index contributed by atoms with van der Waals surface area (Å²) >= 11 is 0. The number of nitrogens with zero attached hydrogens (tertiary/aromatic N) is 4. The van der Waals surface area contributed by atoms with Gasteiger partial charge in [-0.2, -0.15) is 0 Å². The van der Waals surface area contributed by atoms with Crippen LogP contribution < -0.4 is 0 Å². The molecule has 2 aliphatic heterocycles. The molecule has 0 aromatic heterocycles. The lowest BCUT2D eigenvalue weighted by molar-refractivity contribution is 0.294. The van der Waals surface area contributed by atoms with Gasteiger partial charge in [-0.1, -0.05) is 121 Å². The second-order valence-corrected chi connectivity index (χ2v) is 14.5. The van der Waals surface area contributed by atoms with E-state index in [0.717, 1.165) is 52.4 Å². The third-order valence-corrected chi connectivity index (χ3v) is 10.4. The maximum Gasteiger partial charge on any atom is 0.0249 e. The average molecular weight is 1000 g/mol. The van der Waals surface area contributed by atoms with Gasteiger partial charge in [-0.3, -0.25) is 9.80 Å². The molecule has 2 heterocycles. The highest BCUT2D eigenvalue weighted by Gasteiger charge is 2.31. The van der Waals surface area contributed by atoms with Gasteiger partial charge in [-0.05, 0) is 121 Å². The Hall–Kier alpha value is -2.44. The van der Waals surface area contributed by atoms with Crippen molar-refractivity contribution in [3.8, 4) is 0 Å². The quantitative estimate of drug-likeness (QED) is 0.159. The normalized spacial score (nSPS) is 15.3. The third-order valence-electron chi connectivity index (χ3n) is 10.4. The lowest BCUT2D eigenvalue weighted by atomic mass is 9.96. The molecule has 4 aromatic carbocycles. The predicted molar refractivity (Wildman–Crippen MR) is 258 cm³/mol. The molecule has 0 saturated heterocycles. The van der Waals surface area contributed by atoms with Gasteiger partial charge in [0.25, 0.3) is 0 Å². The predicted octanol–water partition coefficient (Wildman–Crippen LogP) is 9.79. The van der Waals surface area contributed by atoms with Gasteiger partial charge in [0, 0.05) is 39.3 Å². The smallest absolute Gasteiger partial charge is 0.0249 e. The van der Waals surface area contributed by atoms with Crippen molar-refractivity contribution in [2.75, 3.05) is 80.5 Å². The first-order chi connectivity index (χ1) is 24.5. The number of halogens is 4. The Balaban J connectivity index is 0.000000348. The van der Waals surface area contributed by atoms with Crippen LogP contribution in [0.5, 0.6) is 0 Å². The zero-order valence-electron chi connectivity index (χ0n) is 32.5. The summed E-state index contributed by atoms with van der Waals surface area (Å²) in [6, 6.07) is 39.5. The van der Waals surface area contributed by atoms with Crippen LogP contribution in [0.2, 0.25) is 0 Å². The molecular weight excluding hydrogens is 944 g/mol. The van der Waals surface area contributed by atoms with E-state index >= 15 is 0 Å². The van der Waals surface area contributed by atoms with Crippen LogP contribution in [0.25, 0.3) is 22.3 Å². The maximum atomic E-state index is 2.58. The molecule has 4 aromatic rings. The summed E-state index contributed by atoms with van der Waals surface area (Å²) in [4.78, 5) is 9.70. The lowest BCUT2D eigenvalue weighted by Crippen LogP contribution is -2.32. The van der Waals surface area contributed by atoms with E-state index in [0.29, 0.717) is 0 Å². The fraction of sp³-hybridized carbons (Fsp3) is 0.304. The molecule has 0 atom stereocenters. The van der Waals surface area contributed by atoms with E-state index < -0.39 is 0 Å². The van der Waals surface area contributed by atoms with Gasteiger partial charge in [0.15, 0.2) is 0 Å². The van der Waals surface area contributed by atoms with Crippen LogP contribution in [0.3, 0.4) is 0 Å². The lowest BCUT2D eigenvalue weighted by Gasteiger charge is -2.28. The summed E-state index contributed by atoms with van der Waals surface area (Å²) in [6.07, 6.45) is 7.31. The van der Waals surface area contributed by atoms with E-state index in [-0.39, 0.29) is 73.4 Å². The largest absolute Gasteiger partial charge is 0.412 e. The van der Waals surface area contributed by atoms with Gasteiger partial charge >= 0.3 is 0 Å². The second-order valence-electron chi connectivity index (χ2n) is 14.5. The van der Waals surface area contributed by atoms with Crippen molar-refractivity contribution in [3.63, 3.8) is 0 Å². The van der Waals surface area contributed by atoms with Crippen LogP contribution in [0, 0.1) is 0 Å². The molecule has 0 amide bonds. The Morgan fingerprint density at radius 1 is 0.455 bits per heavy atom. The van der Waals surface area contributed by atoms with Crippen LogP contribution in [-0.2, 0) is 0 Å². The van der Waals surface area contributed by atoms with E-state index in [1.165, 1.54) is 79.7 Å². The Morgan fingerprint density at radius 3 is 1.13 bits per heavy atom. The highest BCUT2D eigenvalue weighted by Crippen LogP contribution is 2.47. The zero-order valence-corrected chi connectivity index (χ0v) is 39.4. The van der Waals surface area contributed by atoms with E-state index in [1.54, 1.807) is 0 Å². The zero-order chi connectivity index (χ0) is 34.5. The number of rotatable bonds is 10. The van der Waals surface area contributed by atoms with Crippen LogP contribution in [0.4, 0.5) is 0 Å². The highest BCUT2D eigenvalue weighted by molar-refractivity contribution is 8.93. The number of hydrogen-bond acceptors (Lipinski definition) is 4. The minimum absolute atomic E-state index is 0. The summed E-state index contributed by atoms with van der Waals surface area (Å²) < 4.78 is 0. The average Bonchev–Trinajstić information content (AvgIpc) is 3.64. The summed E-state index contributed by atoms with van der Waals surface area (Å²) in [7, 11) is 8.60. The Kier molecular flexibility index (Phi) is 20.4. The van der Waals surface area contributed by atoms with Gasteiger partial charge in [0.05, 0.1) is 0 Å². The van der Waals surface area contributed by atoms with Gasteiger partial charge in [-0.25, -0.2) is 0 Å². The van der Waals surface area contributed by atoms with Crippen molar-refractivity contribution in [2.24, 2.45) is 0 Å². The molecule has 8 rings (SSSR count). The van der Waals surface area contributed by atoms with Crippen molar-refractivity contribution < 1.29 is 5.48 Å². The molecule has 0 radical (unpaired) electrons. The molecule has 0 saturated carbocycles. The first kappa shape index (κ1) is 48.7. The maximum absolute atomic E-state index is 2.58. The van der Waals surface area contributed by atoms with Crippen molar-refractivity contribution in [2.45, 2.75) is 12.8 Å². The summed E-state index contributed by atoms with van der Waals surface area (Å²) in [5, 5.41) is 0. The standard InChI is InChI=1S/2C23H26N2.4BrH.H2O/c2*1-24(2)14-8-15-25-16-13-20-19-11-6-7-12-21(19)23(22(20)17-25)18-9-4-3-5-10-18;;;;;/h2*3-7,9-13H,8,14-17H2,1-2H3;4*1H;1H2. The van der Waals surface area contributed by atoms with Gasteiger partial charge in [0.2, 0.25) is 0 Å². The Bertz CT molecular complexity index is 1800. The van der Waals surface area contributed by atoms with E-state index in [2.05, 4.69) is 169 Å². The highest BCUT2D eigenvalue weighted by atomic mass is 79.9. The molecule has 2 N–H and O–H groups in total. The van der Waals surface area contributed by atoms with Crippen LogP contribution in [-0.4, -0.2) is 106 Å². The van der Waals surface area contributed by atoms with Gasteiger partial charge in [0.1, 0.15) is 0 Å². The van der Waals surface area contributed by atoms with E-state index in [1.807, 2.05) is 0 Å². The summed E-state index contributed by atoms with van der Waals surface area (Å²) in [5.41, 5.74) is 17.1. The number of benzene rings is 4. The van der Waals surface area contributed by atoms with Crippen LogP contribution in [0.15, 0.2) is 132 Å². The first-order valence-electron chi connectivity index (χ1n) is 18.4. The second kappa shape index (κ2) is 23.1. The van der Waals surface area contributed by atoms with E-state index in [4.69, 9.17) is 0 Å². The Labute approximate surface area is 371 Å². The fourth-order valence-electron chi connectivity index (χ4n) is 8.03. The third kappa shape index (κ3) is 11.4. The van der Waals surface area contributed by atoms with Crippen LogP contribution >= 0.6 is 67.9 Å². The number of fused-ring (bicyclic) bond motifs is 6. The van der Waals surface area contributed by atoms with Crippen molar-refractivity contribution in [1.82, 2.24) is 19.6 Å². The van der Waals surface area contributed by atoms with Crippen LogP contribution in [0.1, 0.15) is 46.2 Å². The molecule has 0 bridgehead atoms. The molecule has 296 valence electrons. The molecule has 0 fully saturated rings. The van der Waals surface area contributed by atoms with Gasteiger partial charge in [-0.15, -0.1) is 67.9 Å². The Morgan fingerprint density at radius 2 is 0.782 bits per heavy atom. The molecule has 4 aliphatic rings. The molecule has 0 spiro atoms.